The first-order valence-corrected chi connectivity index (χ1v) is 7.91. The van der Waals surface area contributed by atoms with Crippen LogP contribution in [-0.2, 0) is 4.74 Å². The van der Waals surface area contributed by atoms with Gasteiger partial charge in [-0.15, -0.1) is 0 Å². The van der Waals surface area contributed by atoms with Crippen LogP contribution < -0.4 is 5.32 Å². The molecule has 1 saturated heterocycles. The largest absolute Gasteiger partial charge is 0.382 e. The van der Waals surface area contributed by atoms with Crippen molar-refractivity contribution in [2.24, 2.45) is 11.8 Å². The SMILES string of the molecule is CCOCCCCNCCN1CC2CCCC2C1. The molecular formula is C15H30N2O. The summed E-state index contributed by atoms with van der Waals surface area (Å²) in [5.41, 5.74) is 0. The van der Waals surface area contributed by atoms with Crippen molar-refractivity contribution in [2.45, 2.75) is 39.0 Å². The Bertz CT molecular complexity index is 211. The highest BCUT2D eigenvalue weighted by Crippen LogP contribution is 2.37. The molecule has 2 aliphatic rings. The second-order valence-corrected chi connectivity index (χ2v) is 5.86. The van der Waals surface area contributed by atoms with Crippen molar-refractivity contribution < 1.29 is 4.74 Å². The number of nitrogens with one attached hydrogen (secondary N) is 1. The number of ether oxygens (including phenoxy) is 1. The molecule has 1 aliphatic heterocycles. The van der Waals surface area contributed by atoms with Crippen LogP contribution in [-0.4, -0.2) is 50.8 Å². The molecule has 2 unspecified atom stereocenters. The maximum Gasteiger partial charge on any atom is 0.0466 e. The molecule has 0 aromatic carbocycles. The van der Waals surface area contributed by atoms with Crippen molar-refractivity contribution in [3.63, 3.8) is 0 Å². The average Bonchev–Trinajstić information content (AvgIpc) is 2.93. The summed E-state index contributed by atoms with van der Waals surface area (Å²) in [4.78, 5) is 2.67. The first-order valence-electron chi connectivity index (χ1n) is 7.91. The average molecular weight is 254 g/mol. The summed E-state index contributed by atoms with van der Waals surface area (Å²) in [6, 6.07) is 0. The van der Waals surface area contributed by atoms with E-state index in [9.17, 15) is 0 Å². The van der Waals surface area contributed by atoms with E-state index >= 15 is 0 Å². The summed E-state index contributed by atoms with van der Waals surface area (Å²) >= 11 is 0. The lowest BCUT2D eigenvalue weighted by Gasteiger charge is -2.16. The van der Waals surface area contributed by atoms with Gasteiger partial charge < -0.3 is 15.0 Å². The van der Waals surface area contributed by atoms with Gasteiger partial charge >= 0.3 is 0 Å². The Morgan fingerprint density at radius 3 is 2.61 bits per heavy atom. The van der Waals surface area contributed by atoms with E-state index in [-0.39, 0.29) is 0 Å². The Morgan fingerprint density at radius 2 is 1.89 bits per heavy atom. The van der Waals surface area contributed by atoms with E-state index in [0.717, 1.165) is 38.1 Å². The number of rotatable bonds is 9. The van der Waals surface area contributed by atoms with Gasteiger partial charge in [0.05, 0.1) is 0 Å². The van der Waals surface area contributed by atoms with E-state index in [1.807, 2.05) is 0 Å². The van der Waals surface area contributed by atoms with Crippen molar-refractivity contribution in [3.8, 4) is 0 Å². The lowest BCUT2D eigenvalue weighted by molar-refractivity contribution is 0.143. The maximum atomic E-state index is 5.33. The molecule has 1 N–H and O–H groups in total. The van der Waals surface area contributed by atoms with Crippen molar-refractivity contribution in [2.75, 3.05) is 45.9 Å². The lowest BCUT2D eigenvalue weighted by atomic mass is 10.0. The molecule has 0 aromatic rings. The molecule has 18 heavy (non-hydrogen) atoms. The van der Waals surface area contributed by atoms with Gasteiger partial charge in [-0.05, 0) is 51.0 Å². The van der Waals surface area contributed by atoms with Gasteiger partial charge in [0.2, 0.25) is 0 Å². The van der Waals surface area contributed by atoms with E-state index in [1.165, 1.54) is 51.7 Å². The number of fused-ring (bicyclic) bond motifs is 1. The van der Waals surface area contributed by atoms with Crippen LogP contribution in [0.4, 0.5) is 0 Å². The minimum atomic E-state index is 0.852. The Hall–Kier alpha value is -0.120. The van der Waals surface area contributed by atoms with E-state index in [0.29, 0.717) is 0 Å². The summed E-state index contributed by atoms with van der Waals surface area (Å²) in [6.45, 7) is 10.1. The van der Waals surface area contributed by atoms with E-state index in [4.69, 9.17) is 4.74 Å². The van der Waals surface area contributed by atoms with E-state index < -0.39 is 0 Å². The van der Waals surface area contributed by atoms with Crippen molar-refractivity contribution in [1.82, 2.24) is 10.2 Å². The molecule has 0 radical (unpaired) electrons. The van der Waals surface area contributed by atoms with Crippen LogP contribution in [0.3, 0.4) is 0 Å². The summed E-state index contributed by atoms with van der Waals surface area (Å²) in [7, 11) is 0. The second kappa shape index (κ2) is 8.13. The minimum Gasteiger partial charge on any atom is -0.382 e. The minimum absolute atomic E-state index is 0.852. The smallest absolute Gasteiger partial charge is 0.0466 e. The zero-order valence-electron chi connectivity index (χ0n) is 12.0. The van der Waals surface area contributed by atoms with Crippen LogP contribution in [0.2, 0.25) is 0 Å². The molecule has 106 valence electrons. The molecule has 2 rings (SSSR count). The standard InChI is InChI=1S/C15H30N2O/c1-2-18-11-4-3-8-16-9-10-17-12-14-6-5-7-15(14)13-17/h14-16H,2-13H2,1H3. The fraction of sp³-hybridized carbons (Fsp3) is 1.00. The van der Waals surface area contributed by atoms with Crippen LogP contribution >= 0.6 is 0 Å². The number of hydrogen-bond acceptors (Lipinski definition) is 3. The van der Waals surface area contributed by atoms with Gasteiger partial charge in [0.1, 0.15) is 0 Å². The van der Waals surface area contributed by atoms with Crippen LogP contribution in [0.25, 0.3) is 0 Å². The molecule has 2 atom stereocenters. The van der Waals surface area contributed by atoms with Gasteiger partial charge in [-0.2, -0.15) is 0 Å². The summed E-state index contributed by atoms with van der Waals surface area (Å²) in [6.07, 6.45) is 6.90. The maximum absolute atomic E-state index is 5.33. The van der Waals surface area contributed by atoms with Gasteiger partial charge in [0, 0.05) is 39.4 Å². The predicted octanol–water partition coefficient (Wildman–Crippen LogP) is 2.12. The molecule has 1 saturated carbocycles. The molecule has 1 aliphatic carbocycles. The number of likely N-dealkylation sites (tertiary alicyclic amines) is 1. The third-order valence-corrected chi connectivity index (χ3v) is 4.50. The molecule has 3 nitrogen and oxygen atoms in total. The van der Waals surface area contributed by atoms with Crippen molar-refractivity contribution in [3.05, 3.63) is 0 Å². The van der Waals surface area contributed by atoms with Crippen molar-refractivity contribution in [1.29, 1.82) is 0 Å². The Labute approximate surface area is 112 Å². The highest BCUT2D eigenvalue weighted by molar-refractivity contribution is 4.88. The first-order chi connectivity index (χ1) is 8.90. The third kappa shape index (κ3) is 4.52. The van der Waals surface area contributed by atoms with Gasteiger partial charge in [0.25, 0.3) is 0 Å². The van der Waals surface area contributed by atoms with Crippen LogP contribution in [0.5, 0.6) is 0 Å². The van der Waals surface area contributed by atoms with Crippen LogP contribution in [0, 0.1) is 11.8 Å². The molecule has 0 spiro atoms. The fourth-order valence-corrected chi connectivity index (χ4v) is 3.48. The van der Waals surface area contributed by atoms with Crippen LogP contribution in [0.1, 0.15) is 39.0 Å². The zero-order valence-corrected chi connectivity index (χ0v) is 12.0. The van der Waals surface area contributed by atoms with Gasteiger partial charge in [-0.25, -0.2) is 0 Å². The molecule has 0 aromatic heterocycles. The first kappa shape index (κ1) is 14.3. The quantitative estimate of drug-likeness (QED) is 0.638. The molecular weight excluding hydrogens is 224 g/mol. The van der Waals surface area contributed by atoms with Gasteiger partial charge in [-0.3, -0.25) is 0 Å². The highest BCUT2D eigenvalue weighted by atomic mass is 16.5. The van der Waals surface area contributed by atoms with Crippen molar-refractivity contribution >= 4 is 0 Å². The molecule has 3 heteroatoms. The summed E-state index contributed by atoms with van der Waals surface area (Å²) in [5.74, 6) is 2.08. The highest BCUT2D eigenvalue weighted by Gasteiger charge is 2.35. The Morgan fingerprint density at radius 1 is 1.11 bits per heavy atom. The zero-order chi connectivity index (χ0) is 12.6. The Kier molecular flexibility index (Phi) is 6.46. The molecule has 2 fully saturated rings. The molecule has 0 bridgehead atoms. The summed E-state index contributed by atoms with van der Waals surface area (Å²) < 4.78 is 5.33. The fourth-order valence-electron chi connectivity index (χ4n) is 3.48. The Balaban J connectivity index is 1.40. The number of nitrogens with zero attached hydrogens (tertiary/aromatic N) is 1. The normalized spacial score (nSPS) is 27.8. The molecule has 1 heterocycles. The van der Waals surface area contributed by atoms with Gasteiger partial charge in [-0.1, -0.05) is 6.42 Å². The third-order valence-electron chi connectivity index (χ3n) is 4.50. The predicted molar refractivity (Wildman–Crippen MR) is 75.9 cm³/mol. The second-order valence-electron chi connectivity index (χ2n) is 5.86. The number of hydrogen-bond donors (Lipinski definition) is 1. The van der Waals surface area contributed by atoms with Crippen LogP contribution in [0.15, 0.2) is 0 Å². The summed E-state index contributed by atoms with van der Waals surface area (Å²) in [5, 5.41) is 3.56. The monoisotopic (exact) mass is 254 g/mol. The van der Waals surface area contributed by atoms with Gasteiger partial charge in [0.15, 0.2) is 0 Å². The van der Waals surface area contributed by atoms with E-state index in [2.05, 4.69) is 17.1 Å². The number of unbranched alkanes of at least 4 members (excludes halogenated alkanes) is 1. The lowest BCUT2D eigenvalue weighted by Crippen LogP contribution is -2.31. The molecule has 0 amide bonds. The topological polar surface area (TPSA) is 24.5 Å². The van der Waals surface area contributed by atoms with E-state index in [1.54, 1.807) is 0 Å².